The highest BCUT2D eigenvalue weighted by Gasteiger charge is 2.19. The number of hydrogen-bond acceptors (Lipinski definition) is 4. The molecule has 22 heavy (non-hydrogen) atoms. The van der Waals surface area contributed by atoms with Crippen molar-refractivity contribution in [3.05, 3.63) is 24.3 Å². The molecule has 0 unspecified atom stereocenters. The molecule has 2 N–H and O–H groups in total. The molecule has 0 saturated heterocycles. The van der Waals surface area contributed by atoms with Crippen molar-refractivity contribution in [1.82, 2.24) is 4.90 Å². The summed E-state index contributed by atoms with van der Waals surface area (Å²) in [6, 6.07) is 6.95. The normalized spacial score (nSPS) is 10.4. The molecule has 0 atom stereocenters. The third-order valence-electron chi connectivity index (χ3n) is 2.93. The van der Waals surface area contributed by atoms with Crippen molar-refractivity contribution in [3.63, 3.8) is 0 Å². The summed E-state index contributed by atoms with van der Waals surface area (Å²) in [6.07, 6.45) is 0.942. The van der Waals surface area contributed by atoms with Gasteiger partial charge >= 0.3 is 0 Å². The number of hydrogen-bond donors (Lipinski definition) is 1. The molecule has 2 amide bonds. The lowest BCUT2D eigenvalue weighted by Crippen LogP contribution is -2.44. The summed E-state index contributed by atoms with van der Waals surface area (Å²) >= 11 is 0. The first-order valence-electron chi connectivity index (χ1n) is 7.37. The van der Waals surface area contributed by atoms with E-state index in [9.17, 15) is 9.59 Å². The van der Waals surface area contributed by atoms with Gasteiger partial charge in [-0.05, 0) is 44.5 Å². The number of carbonyl (C=O) groups is 2. The van der Waals surface area contributed by atoms with Gasteiger partial charge in [-0.2, -0.15) is 0 Å². The maximum Gasteiger partial charge on any atom is 0.261 e. The van der Waals surface area contributed by atoms with E-state index in [0.29, 0.717) is 12.4 Å². The predicted molar refractivity (Wildman–Crippen MR) is 83.8 cm³/mol. The monoisotopic (exact) mass is 308 g/mol. The molecular formula is C16H24N2O4. The zero-order chi connectivity index (χ0) is 16.5. The highest BCUT2D eigenvalue weighted by atomic mass is 16.5. The molecule has 1 rings (SSSR count). The minimum atomic E-state index is -0.542. The average Bonchev–Trinajstić information content (AvgIpc) is 2.48. The van der Waals surface area contributed by atoms with Crippen molar-refractivity contribution < 1.29 is 19.1 Å². The lowest BCUT2D eigenvalue weighted by molar-refractivity contribution is -0.138. The number of primary amides is 1. The Morgan fingerprint density at radius 2 is 1.68 bits per heavy atom. The summed E-state index contributed by atoms with van der Waals surface area (Å²) in [4.78, 5) is 24.5. The summed E-state index contributed by atoms with van der Waals surface area (Å²) in [5.74, 6) is 0.512. The van der Waals surface area contributed by atoms with Crippen LogP contribution in [0, 0.1) is 0 Å². The SMILES string of the molecule is CCCOc1ccc(OCC(=O)N(CC(N)=O)C(C)C)cc1. The van der Waals surface area contributed by atoms with Crippen LogP contribution >= 0.6 is 0 Å². The Morgan fingerprint density at radius 1 is 1.14 bits per heavy atom. The largest absolute Gasteiger partial charge is 0.494 e. The lowest BCUT2D eigenvalue weighted by atomic mass is 10.3. The molecule has 0 saturated carbocycles. The first-order valence-corrected chi connectivity index (χ1v) is 7.37. The second-order valence-electron chi connectivity index (χ2n) is 5.19. The fraction of sp³-hybridized carbons (Fsp3) is 0.500. The summed E-state index contributed by atoms with van der Waals surface area (Å²) in [5, 5.41) is 0. The highest BCUT2D eigenvalue weighted by Crippen LogP contribution is 2.17. The van der Waals surface area contributed by atoms with Gasteiger partial charge in [-0.25, -0.2) is 0 Å². The number of ether oxygens (including phenoxy) is 2. The molecule has 0 spiro atoms. The van der Waals surface area contributed by atoms with Crippen LogP contribution in [-0.4, -0.2) is 42.5 Å². The van der Waals surface area contributed by atoms with Crippen LogP contribution in [0.3, 0.4) is 0 Å². The Kier molecular flexibility index (Phi) is 7.22. The van der Waals surface area contributed by atoms with Crippen LogP contribution < -0.4 is 15.2 Å². The minimum absolute atomic E-state index is 0.107. The maximum absolute atomic E-state index is 12.1. The molecule has 0 aliphatic heterocycles. The summed E-state index contributed by atoms with van der Waals surface area (Å²) in [5.41, 5.74) is 5.15. The third-order valence-corrected chi connectivity index (χ3v) is 2.93. The smallest absolute Gasteiger partial charge is 0.261 e. The van der Waals surface area contributed by atoms with Crippen molar-refractivity contribution in [1.29, 1.82) is 0 Å². The molecule has 0 fully saturated rings. The van der Waals surface area contributed by atoms with Crippen LogP contribution in [0.4, 0.5) is 0 Å². The maximum atomic E-state index is 12.1. The van der Waals surface area contributed by atoms with E-state index < -0.39 is 5.91 Å². The summed E-state index contributed by atoms with van der Waals surface area (Å²) < 4.78 is 10.9. The number of amides is 2. The zero-order valence-corrected chi connectivity index (χ0v) is 13.4. The van der Waals surface area contributed by atoms with Gasteiger partial charge in [0.15, 0.2) is 6.61 Å². The predicted octanol–water partition coefficient (Wildman–Crippen LogP) is 1.58. The summed E-state index contributed by atoms with van der Waals surface area (Å²) in [7, 11) is 0. The number of rotatable bonds is 9. The lowest BCUT2D eigenvalue weighted by Gasteiger charge is -2.25. The van der Waals surface area contributed by atoms with Gasteiger partial charge in [0.05, 0.1) is 13.2 Å². The van der Waals surface area contributed by atoms with E-state index >= 15 is 0 Å². The van der Waals surface area contributed by atoms with Crippen molar-refractivity contribution in [2.24, 2.45) is 5.73 Å². The highest BCUT2D eigenvalue weighted by molar-refractivity contribution is 5.84. The van der Waals surface area contributed by atoms with Crippen LogP contribution in [0.15, 0.2) is 24.3 Å². The Balaban J connectivity index is 2.53. The molecule has 0 aliphatic rings. The average molecular weight is 308 g/mol. The van der Waals surface area contributed by atoms with E-state index in [1.807, 2.05) is 20.8 Å². The molecule has 0 aliphatic carbocycles. The Labute approximate surface area is 131 Å². The van der Waals surface area contributed by atoms with Gasteiger partial charge in [0.2, 0.25) is 5.91 Å². The molecule has 1 aromatic rings. The van der Waals surface area contributed by atoms with Gasteiger partial charge in [-0.15, -0.1) is 0 Å². The van der Waals surface area contributed by atoms with Gasteiger partial charge in [-0.3, -0.25) is 9.59 Å². The number of nitrogens with two attached hydrogens (primary N) is 1. The summed E-state index contributed by atoms with van der Waals surface area (Å²) in [6.45, 7) is 6.09. The standard InChI is InChI=1S/C16H24N2O4/c1-4-9-21-13-5-7-14(8-6-13)22-11-16(20)18(12(2)3)10-15(17)19/h5-8,12H,4,9-11H2,1-3H3,(H2,17,19). The molecule has 0 bridgehead atoms. The topological polar surface area (TPSA) is 81.9 Å². The van der Waals surface area contributed by atoms with Crippen molar-refractivity contribution >= 4 is 11.8 Å². The third kappa shape index (κ3) is 6.03. The van der Waals surface area contributed by atoms with Gasteiger partial charge in [0.25, 0.3) is 5.91 Å². The number of nitrogens with zero attached hydrogens (tertiary/aromatic N) is 1. The Bertz CT molecular complexity index is 485. The second-order valence-corrected chi connectivity index (χ2v) is 5.19. The van der Waals surface area contributed by atoms with E-state index in [0.717, 1.165) is 12.2 Å². The van der Waals surface area contributed by atoms with Crippen LogP contribution in [0.5, 0.6) is 11.5 Å². The fourth-order valence-corrected chi connectivity index (χ4v) is 1.81. The first-order chi connectivity index (χ1) is 10.4. The molecule has 0 radical (unpaired) electrons. The molecule has 6 heteroatoms. The van der Waals surface area contributed by atoms with E-state index in [-0.39, 0.29) is 25.1 Å². The van der Waals surface area contributed by atoms with E-state index in [1.54, 1.807) is 24.3 Å². The van der Waals surface area contributed by atoms with Crippen LogP contribution in [0.2, 0.25) is 0 Å². The van der Waals surface area contributed by atoms with Crippen molar-refractivity contribution in [2.75, 3.05) is 19.8 Å². The molecule has 122 valence electrons. The van der Waals surface area contributed by atoms with Gasteiger partial charge in [-0.1, -0.05) is 6.92 Å². The van der Waals surface area contributed by atoms with Gasteiger partial charge < -0.3 is 20.1 Å². The number of benzene rings is 1. The first kappa shape index (κ1) is 17.8. The van der Waals surface area contributed by atoms with Gasteiger partial charge in [0.1, 0.15) is 11.5 Å². The van der Waals surface area contributed by atoms with Crippen LogP contribution in [0.25, 0.3) is 0 Å². The quantitative estimate of drug-likeness (QED) is 0.751. The fourth-order valence-electron chi connectivity index (χ4n) is 1.81. The Morgan fingerprint density at radius 3 is 2.14 bits per heavy atom. The molecule has 0 heterocycles. The second kappa shape index (κ2) is 8.92. The van der Waals surface area contributed by atoms with Gasteiger partial charge in [0, 0.05) is 6.04 Å². The molecule has 6 nitrogen and oxygen atoms in total. The van der Waals surface area contributed by atoms with E-state index in [4.69, 9.17) is 15.2 Å². The minimum Gasteiger partial charge on any atom is -0.494 e. The molecule has 1 aromatic carbocycles. The zero-order valence-electron chi connectivity index (χ0n) is 13.4. The number of carbonyl (C=O) groups excluding carboxylic acids is 2. The van der Waals surface area contributed by atoms with Crippen molar-refractivity contribution in [2.45, 2.75) is 33.2 Å². The van der Waals surface area contributed by atoms with E-state index in [1.165, 1.54) is 4.90 Å². The van der Waals surface area contributed by atoms with Crippen LogP contribution in [0.1, 0.15) is 27.2 Å². The molecular weight excluding hydrogens is 284 g/mol. The van der Waals surface area contributed by atoms with E-state index in [2.05, 4.69) is 0 Å². The Hall–Kier alpha value is -2.24. The molecule has 0 aromatic heterocycles. The van der Waals surface area contributed by atoms with Crippen LogP contribution in [-0.2, 0) is 9.59 Å². The van der Waals surface area contributed by atoms with Crippen molar-refractivity contribution in [3.8, 4) is 11.5 Å².